The van der Waals surface area contributed by atoms with E-state index in [4.69, 9.17) is 4.74 Å². The number of benzene rings is 1. The average molecular weight is 328 g/mol. The summed E-state index contributed by atoms with van der Waals surface area (Å²) >= 11 is 0. The molecule has 7 heteroatoms. The highest BCUT2D eigenvalue weighted by atomic mass is 32.2. The summed E-state index contributed by atoms with van der Waals surface area (Å²) < 4.78 is 30.4. The lowest BCUT2D eigenvalue weighted by Crippen LogP contribution is -2.38. The number of carbonyl (C=O) groups is 1. The van der Waals surface area contributed by atoms with Gasteiger partial charge in [0.25, 0.3) is 0 Å². The summed E-state index contributed by atoms with van der Waals surface area (Å²) in [5.74, 6) is 0.425. The van der Waals surface area contributed by atoms with Crippen molar-refractivity contribution in [2.75, 3.05) is 26.5 Å². The third-order valence-corrected chi connectivity index (χ3v) is 4.44. The van der Waals surface area contributed by atoms with Gasteiger partial charge in [-0.3, -0.25) is 4.79 Å². The van der Waals surface area contributed by atoms with Crippen LogP contribution in [0, 0.1) is 5.92 Å². The van der Waals surface area contributed by atoms with Gasteiger partial charge < -0.3 is 10.1 Å². The van der Waals surface area contributed by atoms with Crippen molar-refractivity contribution in [3.63, 3.8) is 0 Å². The van der Waals surface area contributed by atoms with E-state index in [0.29, 0.717) is 5.75 Å². The number of rotatable bonds is 8. The lowest BCUT2D eigenvalue weighted by Gasteiger charge is -2.21. The lowest BCUT2D eigenvalue weighted by molar-refractivity contribution is -0.123. The number of methoxy groups -OCH3 is 1. The molecule has 6 nitrogen and oxygen atoms in total. The molecule has 1 amide bonds. The Morgan fingerprint density at radius 2 is 1.95 bits per heavy atom. The number of nitrogens with zero attached hydrogens (tertiary/aromatic N) is 1. The van der Waals surface area contributed by atoms with Crippen molar-refractivity contribution in [1.82, 2.24) is 9.62 Å². The molecule has 0 aliphatic rings. The fourth-order valence-corrected chi connectivity index (χ4v) is 2.69. The van der Waals surface area contributed by atoms with Gasteiger partial charge in [0.05, 0.1) is 13.4 Å². The molecule has 0 radical (unpaired) electrons. The summed E-state index contributed by atoms with van der Waals surface area (Å²) in [5, 5.41) is 2.72. The molecule has 0 aliphatic heterocycles. The van der Waals surface area contributed by atoms with Gasteiger partial charge in [-0.05, 0) is 6.07 Å². The number of ether oxygens (including phenoxy) is 1. The first-order valence-corrected chi connectivity index (χ1v) is 8.95. The van der Waals surface area contributed by atoms with Crippen LogP contribution < -0.4 is 10.1 Å². The van der Waals surface area contributed by atoms with Gasteiger partial charge in [-0.25, -0.2) is 8.42 Å². The zero-order valence-electron chi connectivity index (χ0n) is 13.5. The second-order valence-electron chi connectivity index (χ2n) is 5.35. The van der Waals surface area contributed by atoms with E-state index in [1.54, 1.807) is 27.0 Å². The Balaban J connectivity index is 2.76. The largest absolute Gasteiger partial charge is 0.496 e. The molecule has 22 heavy (non-hydrogen) atoms. The van der Waals surface area contributed by atoms with Gasteiger partial charge in [0.2, 0.25) is 15.9 Å². The van der Waals surface area contributed by atoms with Crippen LogP contribution in [0.5, 0.6) is 5.75 Å². The Hall–Kier alpha value is -1.60. The minimum absolute atomic E-state index is 0.0919. The van der Waals surface area contributed by atoms with Crippen LogP contribution in [0.15, 0.2) is 24.3 Å². The average Bonchev–Trinajstić information content (AvgIpc) is 2.45. The van der Waals surface area contributed by atoms with Crippen LogP contribution in [0.4, 0.5) is 0 Å². The van der Waals surface area contributed by atoms with Crippen LogP contribution >= 0.6 is 0 Å². The quantitative estimate of drug-likeness (QED) is 0.779. The molecular formula is C15H24N2O4S. The molecule has 1 aromatic carbocycles. The number of amides is 1. The summed E-state index contributed by atoms with van der Waals surface area (Å²) in [4.78, 5) is 11.5. The van der Waals surface area contributed by atoms with Crippen LogP contribution in [0.1, 0.15) is 19.4 Å². The van der Waals surface area contributed by atoms with Gasteiger partial charge in [-0.15, -0.1) is 0 Å². The normalized spacial score (nSPS) is 11.7. The van der Waals surface area contributed by atoms with E-state index in [0.717, 1.165) is 11.8 Å². The minimum Gasteiger partial charge on any atom is -0.496 e. The molecule has 0 saturated carbocycles. The van der Waals surface area contributed by atoms with Crippen molar-refractivity contribution in [3.05, 3.63) is 29.8 Å². The summed E-state index contributed by atoms with van der Waals surface area (Å²) in [5.41, 5.74) is 0.783. The van der Waals surface area contributed by atoms with E-state index in [1.165, 1.54) is 4.31 Å². The highest BCUT2D eigenvalue weighted by Gasteiger charge is 2.19. The van der Waals surface area contributed by atoms with Gasteiger partial charge >= 0.3 is 0 Å². The first-order chi connectivity index (χ1) is 10.3. The van der Waals surface area contributed by atoms with Crippen LogP contribution in [-0.4, -0.2) is 45.1 Å². The highest BCUT2D eigenvalue weighted by molar-refractivity contribution is 7.88. The molecular weight excluding hydrogens is 304 g/mol. The molecule has 0 aromatic heterocycles. The van der Waals surface area contributed by atoms with Gasteiger partial charge in [-0.2, -0.15) is 4.31 Å². The summed E-state index contributed by atoms with van der Waals surface area (Å²) in [6.07, 6.45) is 1.16. The first-order valence-electron chi connectivity index (χ1n) is 7.10. The predicted octanol–water partition coefficient (Wildman–Crippen LogP) is 1.23. The summed E-state index contributed by atoms with van der Waals surface area (Å²) in [6.45, 7) is 4.28. The zero-order chi connectivity index (χ0) is 16.8. The van der Waals surface area contributed by atoms with Gasteiger partial charge in [0, 0.05) is 31.1 Å². The van der Waals surface area contributed by atoms with E-state index < -0.39 is 10.0 Å². The molecule has 0 heterocycles. The molecule has 0 atom stereocenters. The van der Waals surface area contributed by atoms with Crippen LogP contribution in [0.25, 0.3) is 0 Å². The zero-order valence-corrected chi connectivity index (χ0v) is 14.3. The molecule has 124 valence electrons. The monoisotopic (exact) mass is 328 g/mol. The van der Waals surface area contributed by atoms with Crippen LogP contribution in [0.3, 0.4) is 0 Å². The molecule has 0 fully saturated rings. The standard InChI is InChI=1S/C15H24N2O4S/c1-12(2)15(18)16-9-10-17(22(4,19)20)11-13-7-5-6-8-14(13)21-3/h5-8,12H,9-11H2,1-4H3,(H,16,18). The Bertz CT molecular complexity index is 599. The molecule has 1 rings (SSSR count). The van der Waals surface area contributed by atoms with Crippen molar-refractivity contribution < 1.29 is 17.9 Å². The Morgan fingerprint density at radius 3 is 2.50 bits per heavy atom. The van der Waals surface area contributed by atoms with Crippen molar-refractivity contribution in [2.24, 2.45) is 5.92 Å². The maximum atomic E-state index is 11.9. The maximum absolute atomic E-state index is 11.9. The number of hydrogen-bond donors (Lipinski definition) is 1. The van der Waals surface area contributed by atoms with Crippen LogP contribution in [0.2, 0.25) is 0 Å². The molecule has 0 unspecified atom stereocenters. The van der Waals surface area contributed by atoms with Gasteiger partial charge in [-0.1, -0.05) is 32.0 Å². The van der Waals surface area contributed by atoms with E-state index in [9.17, 15) is 13.2 Å². The summed E-state index contributed by atoms with van der Waals surface area (Å²) in [6, 6.07) is 7.27. The van der Waals surface area contributed by atoms with E-state index >= 15 is 0 Å². The third-order valence-electron chi connectivity index (χ3n) is 3.19. The maximum Gasteiger partial charge on any atom is 0.222 e. The topological polar surface area (TPSA) is 75.7 Å². The van der Waals surface area contributed by atoms with Gasteiger partial charge in [0.1, 0.15) is 5.75 Å². The third kappa shape index (κ3) is 5.65. The molecule has 0 spiro atoms. The summed E-state index contributed by atoms with van der Waals surface area (Å²) in [7, 11) is -1.83. The Labute approximate surface area is 132 Å². The number of nitrogens with one attached hydrogen (secondary N) is 1. The molecule has 0 saturated heterocycles. The highest BCUT2D eigenvalue weighted by Crippen LogP contribution is 2.20. The van der Waals surface area contributed by atoms with Crippen molar-refractivity contribution in [1.29, 1.82) is 0 Å². The first kappa shape index (κ1) is 18.4. The van der Waals surface area contributed by atoms with Crippen LogP contribution in [-0.2, 0) is 21.4 Å². The molecule has 1 aromatic rings. The number of hydrogen-bond acceptors (Lipinski definition) is 4. The van der Waals surface area contributed by atoms with Crippen molar-refractivity contribution in [2.45, 2.75) is 20.4 Å². The molecule has 0 aliphatic carbocycles. The molecule has 1 N–H and O–H groups in total. The second kappa shape index (κ2) is 8.14. The lowest BCUT2D eigenvalue weighted by atomic mass is 10.2. The fraction of sp³-hybridized carbons (Fsp3) is 0.533. The van der Waals surface area contributed by atoms with E-state index in [2.05, 4.69) is 5.32 Å². The van der Waals surface area contributed by atoms with Gasteiger partial charge in [0.15, 0.2) is 0 Å². The smallest absolute Gasteiger partial charge is 0.222 e. The number of sulfonamides is 1. The van der Waals surface area contributed by atoms with Crippen molar-refractivity contribution in [3.8, 4) is 5.75 Å². The number of para-hydroxylation sites is 1. The number of carbonyl (C=O) groups excluding carboxylic acids is 1. The van der Waals surface area contributed by atoms with E-state index in [-0.39, 0.29) is 31.5 Å². The minimum atomic E-state index is -3.38. The Morgan fingerprint density at radius 1 is 1.32 bits per heavy atom. The predicted molar refractivity (Wildman–Crippen MR) is 86.1 cm³/mol. The SMILES string of the molecule is COc1ccccc1CN(CCNC(=O)C(C)C)S(C)(=O)=O. The van der Waals surface area contributed by atoms with E-state index in [1.807, 2.05) is 18.2 Å². The second-order valence-corrected chi connectivity index (χ2v) is 7.34. The Kier molecular flexibility index (Phi) is 6.83. The molecule has 0 bridgehead atoms. The fourth-order valence-electron chi connectivity index (χ4n) is 1.89. The van der Waals surface area contributed by atoms with Crippen molar-refractivity contribution >= 4 is 15.9 Å².